The van der Waals surface area contributed by atoms with Gasteiger partial charge in [0.2, 0.25) is 5.91 Å². The molecule has 0 fully saturated rings. The third-order valence-electron chi connectivity index (χ3n) is 2.31. The lowest BCUT2D eigenvalue weighted by molar-refractivity contribution is -0.119. The van der Waals surface area contributed by atoms with Crippen LogP contribution in [0.15, 0.2) is 12.1 Å². The van der Waals surface area contributed by atoms with E-state index >= 15 is 0 Å². The molecule has 0 spiro atoms. The quantitative estimate of drug-likeness (QED) is 0.729. The summed E-state index contributed by atoms with van der Waals surface area (Å²) in [6, 6.07) is 3.30. The van der Waals surface area contributed by atoms with Gasteiger partial charge in [-0.1, -0.05) is 18.5 Å². The second kappa shape index (κ2) is 7.58. The minimum atomic E-state index is -0.478. The number of nitrogens with one attached hydrogen (secondary N) is 3. The van der Waals surface area contributed by atoms with Gasteiger partial charge in [0.05, 0.1) is 11.6 Å². The van der Waals surface area contributed by atoms with E-state index in [0.29, 0.717) is 5.82 Å². The van der Waals surface area contributed by atoms with E-state index < -0.39 is 5.91 Å². The Kier molecular flexibility index (Phi) is 6.08. The van der Waals surface area contributed by atoms with Crippen LogP contribution in [-0.2, 0) is 4.79 Å². The van der Waals surface area contributed by atoms with Gasteiger partial charge < -0.3 is 16.0 Å². The summed E-state index contributed by atoms with van der Waals surface area (Å²) in [6.45, 7) is 2.67. The van der Waals surface area contributed by atoms with Crippen molar-refractivity contribution in [2.24, 2.45) is 0 Å². The van der Waals surface area contributed by atoms with Crippen molar-refractivity contribution in [1.82, 2.24) is 15.6 Å². The van der Waals surface area contributed by atoms with Crippen molar-refractivity contribution in [1.29, 1.82) is 0 Å². The first-order valence-corrected chi connectivity index (χ1v) is 6.35. The molecule has 0 aliphatic carbocycles. The van der Waals surface area contributed by atoms with Crippen LogP contribution in [0.25, 0.3) is 0 Å². The molecule has 1 aromatic rings. The Hall–Kier alpha value is -1.82. The number of amides is 2. The average molecular weight is 285 g/mol. The van der Waals surface area contributed by atoms with E-state index in [1.54, 1.807) is 12.1 Å². The van der Waals surface area contributed by atoms with E-state index in [4.69, 9.17) is 11.6 Å². The van der Waals surface area contributed by atoms with Gasteiger partial charge in [0.1, 0.15) is 11.5 Å². The molecule has 0 aliphatic heterocycles. The van der Waals surface area contributed by atoms with Crippen LogP contribution in [0.5, 0.6) is 0 Å². The maximum Gasteiger partial charge on any atom is 0.271 e. The summed E-state index contributed by atoms with van der Waals surface area (Å²) in [4.78, 5) is 27.0. The van der Waals surface area contributed by atoms with Crippen LogP contribution in [0, 0.1) is 0 Å². The number of hydrogen-bond acceptors (Lipinski definition) is 4. The van der Waals surface area contributed by atoms with Gasteiger partial charge in [-0.2, -0.15) is 0 Å². The van der Waals surface area contributed by atoms with Crippen LogP contribution in [0.2, 0.25) is 5.02 Å². The van der Waals surface area contributed by atoms with E-state index in [1.165, 1.54) is 7.05 Å². The smallest absolute Gasteiger partial charge is 0.271 e. The Morgan fingerprint density at radius 2 is 2.11 bits per heavy atom. The summed E-state index contributed by atoms with van der Waals surface area (Å²) < 4.78 is 0. The van der Waals surface area contributed by atoms with E-state index in [9.17, 15) is 9.59 Å². The van der Waals surface area contributed by atoms with E-state index in [1.807, 2.05) is 6.92 Å². The third-order valence-corrected chi connectivity index (χ3v) is 2.61. The molecule has 0 unspecified atom stereocenters. The van der Waals surface area contributed by atoms with Gasteiger partial charge in [-0.05, 0) is 18.6 Å². The van der Waals surface area contributed by atoms with Crippen LogP contribution in [0.1, 0.15) is 23.8 Å². The zero-order valence-electron chi connectivity index (χ0n) is 10.9. The summed E-state index contributed by atoms with van der Waals surface area (Å²) in [5.41, 5.74) is 0.103. The molecular weight excluding hydrogens is 268 g/mol. The Morgan fingerprint density at radius 1 is 1.37 bits per heavy atom. The zero-order valence-corrected chi connectivity index (χ0v) is 11.7. The van der Waals surface area contributed by atoms with E-state index in [2.05, 4.69) is 20.9 Å². The summed E-state index contributed by atoms with van der Waals surface area (Å²) in [5.74, 6) is -0.185. The van der Waals surface area contributed by atoms with Crippen LogP contribution < -0.4 is 16.0 Å². The number of aromatic nitrogens is 1. The summed E-state index contributed by atoms with van der Waals surface area (Å²) >= 11 is 5.92. The summed E-state index contributed by atoms with van der Waals surface area (Å²) in [5, 5.41) is 8.16. The molecule has 3 N–H and O–H groups in total. The SMILES string of the molecule is CCCNc1ccc(Cl)c(C(=O)NCC(=O)NC)n1. The zero-order chi connectivity index (χ0) is 14.3. The van der Waals surface area contributed by atoms with E-state index in [0.717, 1.165) is 13.0 Å². The molecule has 0 bridgehead atoms. The fourth-order valence-corrected chi connectivity index (χ4v) is 1.48. The van der Waals surface area contributed by atoms with Gasteiger partial charge in [-0.3, -0.25) is 9.59 Å². The predicted octanol–water partition coefficient (Wildman–Crippen LogP) is 1.03. The molecular formula is C12H17ClN4O2. The van der Waals surface area contributed by atoms with Crippen molar-refractivity contribution in [3.8, 4) is 0 Å². The molecule has 0 saturated carbocycles. The van der Waals surface area contributed by atoms with Gasteiger partial charge in [0.15, 0.2) is 0 Å². The third kappa shape index (κ3) is 4.75. The molecule has 0 saturated heterocycles. The highest BCUT2D eigenvalue weighted by Crippen LogP contribution is 2.16. The lowest BCUT2D eigenvalue weighted by atomic mass is 10.3. The molecule has 1 rings (SSSR count). The van der Waals surface area contributed by atoms with Crippen molar-refractivity contribution >= 4 is 29.2 Å². The lowest BCUT2D eigenvalue weighted by Gasteiger charge is -2.08. The molecule has 104 valence electrons. The molecule has 0 radical (unpaired) electrons. The van der Waals surface area contributed by atoms with Crippen LogP contribution >= 0.6 is 11.6 Å². The topological polar surface area (TPSA) is 83.1 Å². The number of likely N-dealkylation sites (N-methyl/N-ethyl adjacent to an activating group) is 1. The van der Waals surface area contributed by atoms with Gasteiger partial charge in [-0.25, -0.2) is 4.98 Å². The number of hydrogen-bond donors (Lipinski definition) is 3. The fraction of sp³-hybridized carbons (Fsp3) is 0.417. The minimum absolute atomic E-state index is 0.103. The van der Waals surface area contributed by atoms with Crippen molar-refractivity contribution in [3.05, 3.63) is 22.8 Å². The Bertz CT molecular complexity index is 465. The number of pyridine rings is 1. The Labute approximate surface area is 116 Å². The highest BCUT2D eigenvalue weighted by molar-refractivity contribution is 6.33. The van der Waals surface area contributed by atoms with Crippen LogP contribution in [0.3, 0.4) is 0 Å². The number of carbonyl (C=O) groups is 2. The minimum Gasteiger partial charge on any atom is -0.370 e. The average Bonchev–Trinajstić information content (AvgIpc) is 2.43. The number of halogens is 1. The predicted molar refractivity (Wildman–Crippen MR) is 74.4 cm³/mol. The summed E-state index contributed by atoms with van der Waals surface area (Å²) in [6.07, 6.45) is 0.947. The highest BCUT2D eigenvalue weighted by Gasteiger charge is 2.13. The molecule has 0 aliphatic rings. The maximum absolute atomic E-state index is 11.8. The fourth-order valence-electron chi connectivity index (χ4n) is 1.29. The Balaban J connectivity index is 2.74. The standard InChI is InChI=1S/C12H17ClN4O2/c1-3-6-15-9-5-4-8(13)11(17-9)12(19)16-7-10(18)14-2/h4-5H,3,6-7H2,1-2H3,(H,14,18)(H,15,17)(H,16,19). The summed E-state index contributed by atoms with van der Waals surface area (Å²) in [7, 11) is 1.50. The monoisotopic (exact) mass is 284 g/mol. The normalized spacial score (nSPS) is 9.84. The number of rotatable bonds is 6. The molecule has 1 aromatic heterocycles. The van der Waals surface area contributed by atoms with Crippen LogP contribution in [0.4, 0.5) is 5.82 Å². The largest absolute Gasteiger partial charge is 0.370 e. The van der Waals surface area contributed by atoms with Gasteiger partial charge in [-0.15, -0.1) is 0 Å². The van der Waals surface area contributed by atoms with Crippen molar-refractivity contribution in [2.45, 2.75) is 13.3 Å². The second-order valence-electron chi connectivity index (χ2n) is 3.81. The number of carbonyl (C=O) groups excluding carboxylic acids is 2. The first kappa shape index (κ1) is 15.2. The van der Waals surface area contributed by atoms with Gasteiger partial charge in [0.25, 0.3) is 5.91 Å². The molecule has 7 heteroatoms. The van der Waals surface area contributed by atoms with Gasteiger partial charge in [0, 0.05) is 13.6 Å². The Morgan fingerprint density at radius 3 is 2.74 bits per heavy atom. The molecule has 0 atom stereocenters. The first-order valence-electron chi connectivity index (χ1n) is 5.97. The first-order chi connectivity index (χ1) is 9.08. The molecule has 19 heavy (non-hydrogen) atoms. The van der Waals surface area contributed by atoms with Crippen molar-refractivity contribution in [3.63, 3.8) is 0 Å². The highest BCUT2D eigenvalue weighted by atomic mass is 35.5. The molecule has 0 aromatic carbocycles. The number of anilines is 1. The van der Waals surface area contributed by atoms with Crippen LogP contribution in [-0.4, -0.2) is 36.9 Å². The maximum atomic E-state index is 11.8. The second-order valence-corrected chi connectivity index (χ2v) is 4.22. The van der Waals surface area contributed by atoms with Crippen molar-refractivity contribution < 1.29 is 9.59 Å². The molecule has 6 nitrogen and oxygen atoms in total. The lowest BCUT2D eigenvalue weighted by Crippen LogP contribution is -2.35. The van der Waals surface area contributed by atoms with Crippen molar-refractivity contribution in [2.75, 3.05) is 25.5 Å². The van der Waals surface area contributed by atoms with E-state index in [-0.39, 0.29) is 23.2 Å². The molecule has 2 amide bonds. The van der Waals surface area contributed by atoms with Gasteiger partial charge >= 0.3 is 0 Å². The molecule has 1 heterocycles. The number of nitrogens with zero attached hydrogens (tertiary/aromatic N) is 1.